The van der Waals surface area contributed by atoms with E-state index in [1.807, 2.05) is 4.90 Å². The average molecular weight is 314 g/mol. The smallest absolute Gasteiger partial charge is 0.307 e. The van der Waals surface area contributed by atoms with Crippen LogP contribution in [0.4, 0.5) is 10.1 Å². The van der Waals surface area contributed by atoms with Crippen molar-refractivity contribution < 1.29 is 18.7 Å². The van der Waals surface area contributed by atoms with E-state index in [9.17, 15) is 9.18 Å². The van der Waals surface area contributed by atoms with E-state index in [4.69, 9.17) is 22.7 Å². The van der Waals surface area contributed by atoms with Gasteiger partial charge in [0.05, 0.1) is 20.1 Å². The molecule has 5 nitrogen and oxygen atoms in total. The van der Waals surface area contributed by atoms with Gasteiger partial charge in [-0.3, -0.25) is 4.79 Å². The van der Waals surface area contributed by atoms with Crippen molar-refractivity contribution in [2.45, 2.75) is 6.42 Å². The highest BCUT2D eigenvalue weighted by atomic mass is 32.1. The largest absolute Gasteiger partial charge is 0.469 e. The van der Waals surface area contributed by atoms with E-state index in [-0.39, 0.29) is 22.9 Å². The molecule has 1 aromatic carbocycles. The van der Waals surface area contributed by atoms with Gasteiger partial charge in [-0.25, -0.2) is 4.39 Å². The number of anilines is 1. The second-order valence-electron chi connectivity index (χ2n) is 4.33. The van der Waals surface area contributed by atoms with Crippen LogP contribution < -0.4 is 10.6 Å². The quantitative estimate of drug-likeness (QED) is 0.579. The van der Waals surface area contributed by atoms with Crippen molar-refractivity contribution >= 4 is 28.9 Å². The summed E-state index contributed by atoms with van der Waals surface area (Å²) in [6.07, 6.45) is 0.207. The minimum absolute atomic E-state index is 0.0112. The third-order valence-corrected chi connectivity index (χ3v) is 3.18. The molecule has 0 saturated heterocycles. The first-order valence-electron chi connectivity index (χ1n) is 6.39. The molecule has 7 heteroatoms. The standard InChI is InChI=1S/C14H19FN2O3S/c1-19-8-7-17(6-5-13(18)20-2)10-3-4-11(14(16)21)12(15)9-10/h3-4,9H,5-8H2,1-2H3,(H2,16,21). The summed E-state index contributed by atoms with van der Waals surface area (Å²) >= 11 is 4.77. The highest BCUT2D eigenvalue weighted by Crippen LogP contribution is 2.19. The molecule has 0 aliphatic heterocycles. The monoisotopic (exact) mass is 314 g/mol. The molecule has 0 aliphatic carbocycles. The van der Waals surface area contributed by atoms with Gasteiger partial charge in [-0.05, 0) is 18.2 Å². The predicted molar refractivity (Wildman–Crippen MR) is 83.0 cm³/mol. The molecular formula is C14H19FN2O3S. The maximum absolute atomic E-state index is 13.9. The van der Waals surface area contributed by atoms with Gasteiger partial charge in [-0.15, -0.1) is 0 Å². The zero-order valence-electron chi connectivity index (χ0n) is 12.1. The fourth-order valence-electron chi connectivity index (χ4n) is 1.80. The van der Waals surface area contributed by atoms with Crippen molar-refractivity contribution in [2.24, 2.45) is 5.73 Å². The number of esters is 1. The van der Waals surface area contributed by atoms with Gasteiger partial charge in [0.2, 0.25) is 0 Å². The van der Waals surface area contributed by atoms with Crippen molar-refractivity contribution in [1.29, 1.82) is 0 Å². The number of hydrogen-bond acceptors (Lipinski definition) is 5. The molecule has 0 heterocycles. The minimum Gasteiger partial charge on any atom is -0.469 e. The number of methoxy groups -OCH3 is 2. The summed E-state index contributed by atoms with van der Waals surface area (Å²) in [5.41, 5.74) is 6.27. The van der Waals surface area contributed by atoms with Crippen LogP contribution in [-0.4, -0.2) is 44.9 Å². The highest BCUT2D eigenvalue weighted by molar-refractivity contribution is 7.80. The maximum Gasteiger partial charge on any atom is 0.307 e. The van der Waals surface area contributed by atoms with Crippen LogP contribution in [0.1, 0.15) is 12.0 Å². The number of carbonyl (C=O) groups excluding carboxylic acids is 1. The molecule has 1 rings (SSSR count). The lowest BCUT2D eigenvalue weighted by molar-refractivity contribution is -0.140. The van der Waals surface area contributed by atoms with E-state index < -0.39 is 5.82 Å². The van der Waals surface area contributed by atoms with Crippen molar-refractivity contribution in [3.8, 4) is 0 Å². The minimum atomic E-state index is -0.486. The van der Waals surface area contributed by atoms with E-state index in [0.717, 1.165) is 0 Å². The number of rotatable bonds is 8. The van der Waals surface area contributed by atoms with Crippen LogP contribution >= 0.6 is 12.2 Å². The second-order valence-corrected chi connectivity index (χ2v) is 4.77. The van der Waals surface area contributed by atoms with E-state index in [0.29, 0.717) is 25.4 Å². The third-order valence-electron chi connectivity index (χ3n) is 2.96. The van der Waals surface area contributed by atoms with Crippen LogP contribution in [0.2, 0.25) is 0 Å². The van der Waals surface area contributed by atoms with Crippen molar-refractivity contribution in [1.82, 2.24) is 0 Å². The van der Waals surface area contributed by atoms with Gasteiger partial charge in [0, 0.05) is 31.5 Å². The molecule has 0 atom stereocenters. The van der Waals surface area contributed by atoms with Crippen LogP contribution in [0.3, 0.4) is 0 Å². The Balaban J connectivity index is 2.88. The molecule has 0 saturated carbocycles. The number of ether oxygens (including phenoxy) is 2. The SMILES string of the molecule is COCCN(CCC(=O)OC)c1ccc(C(N)=S)c(F)c1. The Morgan fingerprint density at radius 3 is 2.62 bits per heavy atom. The molecule has 21 heavy (non-hydrogen) atoms. The Labute approximate surface area is 128 Å². The first-order valence-corrected chi connectivity index (χ1v) is 6.80. The second kappa shape index (κ2) is 8.53. The van der Waals surface area contributed by atoms with Gasteiger partial charge >= 0.3 is 5.97 Å². The highest BCUT2D eigenvalue weighted by Gasteiger charge is 2.13. The Bertz CT molecular complexity index is 511. The molecule has 0 spiro atoms. The summed E-state index contributed by atoms with van der Waals surface area (Å²) in [6, 6.07) is 4.59. The van der Waals surface area contributed by atoms with Crippen LogP contribution in [-0.2, 0) is 14.3 Å². The van der Waals surface area contributed by atoms with Gasteiger partial charge < -0.3 is 20.1 Å². The molecule has 2 N–H and O–H groups in total. The molecule has 0 bridgehead atoms. The zero-order chi connectivity index (χ0) is 15.8. The van der Waals surface area contributed by atoms with E-state index in [2.05, 4.69) is 4.74 Å². The van der Waals surface area contributed by atoms with E-state index in [1.165, 1.54) is 19.2 Å². The number of halogens is 1. The number of thiocarbonyl (C=S) groups is 1. The Morgan fingerprint density at radius 1 is 1.38 bits per heavy atom. The summed E-state index contributed by atoms with van der Waals surface area (Å²) in [5.74, 6) is -0.807. The van der Waals surface area contributed by atoms with Crippen LogP contribution in [0.25, 0.3) is 0 Å². The molecule has 0 aliphatic rings. The first-order chi connectivity index (χ1) is 9.99. The van der Waals surface area contributed by atoms with Crippen LogP contribution in [0.15, 0.2) is 18.2 Å². The maximum atomic E-state index is 13.9. The molecule has 116 valence electrons. The van der Waals surface area contributed by atoms with E-state index >= 15 is 0 Å². The van der Waals surface area contributed by atoms with Crippen molar-refractivity contribution in [2.75, 3.05) is 38.8 Å². The van der Waals surface area contributed by atoms with Gasteiger partial charge in [0.15, 0.2) is 0 Å². The number of nitrogens with zero attached hydrogens (tertiary/aromatic N) is 1. The molecule has 0 fully saturated rings. The lowest BCUT2D eigenvalue weighted by Crippen LogP contribution is -2.30. The summed E-state index contributed by atoms with van der Waals surface area (Å²) in [6.45, 7) is 1.39. The predicted octanol–water partition coefficient (Wildman–Crippen LogP) is 1.48. The van der Waals surface area contributed by atoms with E-state index in [1.54, 1.807) is 13.2 Å². The Morgan fingerprint density at radius 2 is 2.10 bits per heavy atom. The molecular weight excluding hydrogens is 295 g/mol. The fourth-order valence-corrected chi connectivity index (χ4v) is 1.97. The summed E-state index contributed by atoms with van der Waals surface area (Å²) in [4.78, 5) is 13.1. The van der Waals surface area contributed by atoms with Crippen molar-refractivity contribution in [3.05, 3.63) is 29.6 Å². The van der Waals surface area contributed by atoms with Crippen LogP contribution in [0, 0.1) is 5.82 Å². The van der Waals surface area contributed by atoms with Gasteiger partial charge in [0.25, 0.3) is 0 Å². The summed E-state index contributed by atoms with van der Waals surface area (Å²) < 4.78 is 23.6. The number of benzene rings is 1. The normalized spacial score (nSPS) is 10.2. The average Bonchev–Trinajstić information content (AvgIpc) is 2.46. The van der Waals surface area contributed by atoms with Gasteiger partial charge in [-0.2, -0.15) is 0 Å². The van der Waals surface area contributed by atoms with Crippen LogP contribution in [0.5, 0.6) is 0 Å². The number of nitrogens with two attached hydrogens (primary N) is 1. The lowest BCUT2D eigenvalue weighted by Gasteiger charge is -2.24. The third kappa shape index (κ3) is 5.28. The molecule has 0 amide bonds. The fraction of sp³-hybridized carbons (Fsp3) is 0.429. The van der Waals surface area contributed by atoms with Gasteiger partial charge in [-0.1, -0.05) is 12.2 Å². The Hall–Kier alpha value is -1.73. The molecule has 0 aromatic heterocycles. The number of carbonyl (C=O) groups is 1. The summed E-state index contributed by atoms with van der Waals surface area (Å²) in [7, 11) is 2.91. The molecule has 0 unspecified atom stereocenters. The first kappa shape index (κ1) is 17.3. The van der Waals surface area contributed by atoms with Crippen molar-refractivity contribution in [3.63, 3.8) is 0 Å². The molecule has 1 aromatic rings. The lowest BCUT2D eigenvalue weighted by atomic mass is 10.1. The Kier molecular flexibility index (Phi) is 7.04. The zero-order valence-corrected chi connectivity index (χ0v) is 12.9. The number of hydrogen-bond donors (Lipinski definition) is 1. The molecule has 0 radical (unpaired) electrons. The van der Waals surface area contributed by atoms with Gasteiger partial charge in [0.1, 0.15) is 10.8 Å². The topological polar surface area (TPSA) is 64.8 Å². The summed E-state index contributed by atoms with van der Waals surface area (Å²) in [5, 5.41) is 0.